The molecule has 0 bridgehead atoms. The fourth-order valence-corrected chi connectivity index (χ4v) is 4.71. The summed E-state index contributed by atoms with van der Waals surface area (Å²) in [6.45, 7) is 3.48. The van der Waals surface area contributed by atoms with Crippen LogP contribution in [0.1, 0.15) is 64.3 Å². The fourth-order valence-electron chi connectivity index (χ4n) is 4.71. The second-order valence-corrected chi connectivity index (χ2v) is 8.08. The third kappa shape index (κ3) is 4.02. The maximum Gasteiger partial charge on any atom is 0.336 e. The van der Waals surface area contributed by atoms with Crippen molar-refractivity contribution in [2.24, 2.45) is 0 Å². The first kappa shape index (κ1) is 21.3. The van der Waals surface area contributed by atoms with Crippen LogP contribution in [0.2, 0.25) is 0 Å². The highest BCUT2D eigenvalue weighted by atomic mass is 19.3. The minimum atomic E-state index is -2.83. The van der Waals surface area contributed by atoms with Gasteiger partial charge in [0.1, 0.15) is 5.75 Å². The highest BCUT2D eigenvalue weighted by Gasteiger charge is 2.28. The molecule has 1 atom stereocenters. The van der Waals surface area contributed by atoms with Crippen LogP contribution in [0.5, 0.6) is 5.75 Å². The van der Waals surface area contributed by atoms with Gasteiger partial charge in [-0.2, -0.15) is 0 Å². The minimum Gasteiger partial charge on any atom is -0.496 e. The second-order valence-electron chi connectivity index (χ2n) is 8.08. The number of halogens is 2. The molecule has 2 N–H and O–H groups in total. The maximum atomic E-state index is 13.6. The number of aromatic carboxylic acids is 1. The van der Waals surface area contributed by atoms with Crippen molar-refractivity contribution < 1.29 is 23.4 Å². The molecule has 31 heavy (non-hydrogen) atoms. The van der Waals surface area contributed by atoms with Gasteiger partial charge < -0.3 is 14.8 Å². The molecule has 0 saturated carbocycles. The van der Waals surface area contributed by atoms with E-state index in [9.17, 15) is 18.7 Å². The zero-order chi connectivity index (χ0) is 22.1. The predicted molar refractivity (Wildman–Crippen MR) is 115 cm³/mol. The van der Waals surface area contributed by atoms with E-state index in [4.69, 9.17) is 4.74 Å². The number of nitrogens with one attached hydrogen (secondary N) is 1. The van der Waals surface area contributed by atoms with Gasteiger partial charge >= 0.3 is 5.97 Å². The largest absolute Gasteiger partial charge is 0.496 e. The number of nitrogens with zero attached hydrogens (tertiary/aromatic N) is 1. The number of methoxy groups -OCH3 is 1. The average Bonchev–Trinajstić information content (AvgIpc) is 3.26. The number of piperidine rings is 1. The molecule has 1 saturated heterocycles. The monoisotopic (exact) mass is 428 g/mol. The summed E-state index contributed by atoms with van der Waals surface area (Å²) in [6.07, 6.45) is 1.93. The molecule has 3 aromatic rings. The van der Waals surface area contributed by atoms with E-state index in [1.807, 2.05) is 25.3 Å². The van der Waals surface area contributed by atoms with Crippen molar-refractivity contribution in [3.63, 3.8) is 0 Å². The smallest absolute Gasteiger partial charge is 0.336 e. The Hall–Kier alpha value is -2.93. The van der Waals surface area contributed by atoms with Gasteiger partial charge in [-0.1, -0.05) is 12.5 Å². The normalized spacial score (nSPS) is 17.4. The predicted octanol–water partition coefficient (Wildman–Crippen LogP) is 5.85. The second kappa shape index (κ2) is 8.67. The molecular formula is C24H26F2N2O3. The van der Waals surface area contributed by atoms with Crippen molar-refractivity contribution in [2.45, 2.75) is 45.2 Å². The molecule has 1 fully saturated rings. The molecule has 0 radical (unpaired) electrons. The average molecular weight is 428 g/mol. The summed E-state index contributed by atoms with van der Waals surface area (Å²) >= 11 is 0. The number of aromatic amines is 1. The lowest BCUT2D eigenvalue weighted by Gasteiger charge is -2.37. The van der Waals surface area contributed by atoms with Crippen molar-refractivity contribution >= 4 is 16.9 Å². The van der Waals surface area contributed by atoms with Crippen LogP contribution in [0.15, 0.2) is 36.5 Å². The van der Waals surface area contributed by atoms with Gasteiger partial charge in [0.25, 0.3) is 6.43 Å². The number of H-pyrrole nitrogens is 1. The maximum absolute atomic E-state index is 13.6. The van der Waals surface area contributed by atoms with Crippen molar-refractivity contribution in [3.05, 3.63) is 64.3 Å². The molecule has 5 nitrogen and oxygen atoms in total. The van der Waals surface area contributed by atoms with Crippen LogP contribution in [0.3, 0.4) is 0 Å². The Balaban J connectivity index is 1.72. The number of rotatable bonds is 6. The molecule has 0 aliphatic carbocycles. The van der Waals surface area contributed by atoms with Crippen LogP contribution in [-0.4, -0.2) is 34.6 Å². The summed E-state index contributed by atoms with van der Waals surface area (Å²) in [5.41, 5.74) is 3.20. The number of hydrogen-bond donors (Lipinski definition) is 2. The summed E-state index contributed by atoms with van der Waals surface area (Å²) in [4.78, 5) is 16.9. The number of ether oxygens (including phenoxy) is 1. The highest BCUT2D eigenvalue weighted by molar-refractivity contribution is 5.89. The zero-order valence-electron chi connectivity index (χ0n) is 17.6. The van der Waals surface area contributed by atoms with Crippen molar-refractivity contribution in [1.82, 2.24) is 9.88 Å². The molecule has 0 spiro atoms. The van der Waals surface area contributed by atoms with Crippen LogP contribution in [-0.2, 0) is 6.54 Å². The molecule has 2 aromatic carbocycles. The fraction of sp³-hybridized carbons (Fsp3) is 0.375. The van der Waals surface area contributed by atoms with E-state index in [0.717, 1.165) is 59.2 Å². The van der Waals surface area contributed by atoms with Crippen molar-refractivity contribution in [2.75, 3.05) is 13.7 Å². The van der Waals surface area contributed by atoms with E-state index in [1.54, 1.807) is 13.2 Å². The SMILES string of the molecule is COc1cc(C)c2[nH]ccc2c1CN1CCCCC1c1ccc(C(=O)O)c(C(F)F)c1. The molecule has 1 unspecified atom stereocenters. The molecule has 164 valence electrons. The van der Waals surface area contributed by atoms with Gasteiger partial charge in [-0.05, 0) is 61.7 Å². The Morgan fingerprint density at radius 2 is 2.10 bits per heavy atom. The van der Waals surface area contributed by atoms with Crippen LogP contribution in [0.4, 0.5) is 8.78 Å². The van der Waals surface area contributed by atoms with Gasteiger partial charge in [-0.15, -0.1) is 0 Å². The van der Waals surface area contributed by atoms with Crippen LogP contribution >= 0.6 is 0 Å². The zero-order valence-corrected chi connectivity index (χ0v) is 17.6. The van der Waals surface area contributed by atoms with E-state index >= 15 is 0 Å². The van der Waals surface area contributed by atoms with Gasteiger partial charge in [0.15, 0.2) is 0 Å². The van der Waals surface area contributed by atoms with Crippen LogP contribution < -0.4 is 4.74 Å². The number of carbonyl (C=O) groups is 1. The molecule has 4 rings (SSSR count). The Bertz CT molecular complexity index is 1110. The first-order chi connectivity index (χ1) is 14.9. The number of alkyl halides is 2. The highest BCUT2D eigenvalue weighted by Crippen LogP contribution is 2.38. The molecule has 7 heteroatoms. The summed E-state index contributed by atoms with van der Waals surface area (Å²) < 4.78 is 32.8. The molecule has 0 amide bonds. The topological polar surface area (TPSA) is 65.6 Å². The van der Waals surface area contributed by atoms with Crippen LogP contribution in [0.25, 0.3) is 10.9 Å². The first-order valence-electron chi connectivity index (χ1n) is 10.4. The minimum absolute atomic E-state index is 0.0610. The number of carboxylic acids is 1. The van der Waals surface area contributed by atoms with Gasteiger partial charge in [-0.3, -0.25) is 4.90 Å². The third-order valence-electron chi connectivity index (χ3n) is 6.23. The quantitative estimate of drug-likeness (QED) is 0.517. The van der Waals surface area contributed by atoms with Crippen molar-refractivity contribution in [3.8, 4) is 5.75 Å². The van der Waals surface area contributed by atoms with E-state index in [2.05, 4.69) is 9.88 Å². The number of aryl methyl sites for hydroxylation is 1. The van der Waals surface area contributed by atoms with Gasteiger partial charge in [-0.25, -0.2) is 13.6 Å². The number of benzene rings is 2. The summed E-state index contributed by atoms with van der Waals surface area (Å²) in [6, 6.07) is 8.35. The molecule has 1 aromatic heterocycles. The van der Waals surface area contributed by atoms with Gasteiger partial charge in [0, 0.05) is 40.8 Å². The summed E-state index contributed by atoms with van der Waals surface area (Å²) in [5, 5.41) is 10.4. The summed E-state index contributed by atoms with van der Waals surface area (Å²) in [7, 11) is 1.66. The number of hydrogen-bond acceptors (Lipinski definition) is 3. The lowest BCUT2D eigenvalue weighted by atomic mass is 9.91. The number of carboxylic acid groups (broad SMARTS) is 1. The lowest BCUT2D eigenvalue weighted by Crippen LogP contribution is -2.33. The van der Waals surface area contributed by atoms with E-state index in [0.29, 0.717) is 6.54 Å². The Labute approximate surface area is 179 Å². The summed E-state index contributed by atoms with van der Waals surface area (Å²) in [5.74, 6) is -0.523. The van der Waals surface area contributed by atoms with E-state index < -0.39 is 18.0 Å². The standard InChI is InChI=1S/C24H26F2N2O3/c1-14-11-21(31-2)19(16-8-9-27-22(14)16)13-28-10-4-3-5-20(28)15-6-7-17(24(29)30)18(12-15)23(25)26/h6-9,11-12,20,23,27H,3-5,10,13H2,1-2H3,(H,29,30). The Morgan fingerprint density at radius 1 is 1.29 bits per heavy atom. The third-order valence-corrected chi connectivity index (χ3v) is 6.23. The number of aromatic nitrogens is 1. The number of likely N-dealkylation sites (tertiary alicyclic amines) is 1. The number of fused-ring (bicyclic) bond motifs is 1. The molecule has 2 heterocycles. The van der Waals surface area contributed by atoms with E-state index in [-0.39, 0.29) is 11.6 Å². The molecular weight excluding hydrogens is 402 g/mol. The van der Waals surface area contributed by atoms with E-state index in [1.165, 1.54) is 12.1 Å². The van der Waals surface area contributed by atoms with Crippen molar-refractivity contribution in [1.29, 1.82) is 0 Å². The van der Waals surface area contributed by atoms with Gasteiger partial charge in [0.2, 0.25) is 0 Å². The Morgan fingerprint density at radius 3 is 2.81 bits per heavy atom. The molecule has 1 aliphatic rings. The van der Waals surface area contributed by atoms with Crippen LogP contribution in [0, 0.1) is 6.92 Å². The van der Waals surface area contributed by atoms with Gasteiger partial charge in [0.05, 0.1) is 12.7 Å². The molecule has 1 aliphatic heterocycles. The first-order valence-corrected chi connectivity index (χ1v) is 10.4. The lowest BCUT2D eigenvalue weighted by molar-refractivity contribution is 0.0684. The Kier molecular flexibility index (Phi) is 5.96.